The second-order valence-electron chi connectivity index (χ2n) is 4.46. The van der Waals surface area contributed by atoms with Crippen LogP contribution in [-0.4, -0.2) is 12.5 Å². The lowest BCUT2D eigenvalue weighted by atomic mass is 10.2. The van der Waals surface area contributed by atoms with Crippen LogP contribution in [0.5, 0.6) is 5.75 Å². The van der Waals surface area contributed by atoms with Gasteiger partial charge in [-0.1, -0.05) is 12.1 Å². The van der Waals surface area contributed by atoms with Crippen LogP contribution in [0.4, 0.5) is 20.2 Å². The highest BCUT2D eigenvalue weighted by Gasteiger charge is 2.11. The highest BCUT2D eigenvalue weighted by molar-refractivity contribution is 5.93. The van der Waals surface area contributed by atoms with Crippen LogP contribution in [-0.2, 0) is 4.79 Å². The second-order valence-corrected chi connectivity index (χ2v) is 4.46. The van der Waals surface area contributed by atoms with Gasteiger partial charge in [0.25, 0.3) is 5.91 Å². The summed E-state index contributed by atoms with van der Waals surface area (Å²) in [5.41, 5.74) is 7.51. The molecule has 110 valence electrons. The lowest BCUT2D eigenvalue weighted by Gasteiger charge is -2.10. The maximum atomic E-state index is 13.3. The van der Waals surface area contributed by atoms with Crippen molar-refractivity contribution in [2.24, 2.45) is 0 Å². The molecule has 0 aliphatic carbocycles. The Hall–Kier alpha value is -2.63. The first-order valence-electron chi connectivity index (χ1n) is 6.20. The molecule has 0 fully saturated rings. The number of nitrogen functional groups attached to an aromatic ring is 1. The molecule has 0 heterocycles. The number of hydrogen-bond donors (Lipinski definition) is 2. The van der Waals surface area contributed by atoms with Crippen molar-refractivity contribution in [3.05, 3.63) is 53.6 Å². The first-order chi connectivity index (χ1) is 9.97. The van der Waals surface area contributed by atoms with Gasteiger partial charge in [0, 0.05) is 11.4 Å². The molecule has 0 aliphatic rings. The van der Waals surface area contributed by atoms with Crippen molar-refractivity contribution in [3.63, 3.8) is 0 Å². The number of carbonyl (C=O) groups excluding carboxylic acids is 1. The number of anilines is 2. The summed E-state index contributed by atoms with van der Waals surface area (Å²) in [5.74, 6) is -2.95. The van der Waals surface area contributed by atoms with Crippen molar-refractivity contribution >= 4 is 17.3 Å². The standard InChI is InChI=1S/C15H14F2N2O2/c1-9-5-6-10(18)7-12(9)19-14(20)8-21-13-4-2-3-11(16)15(13)17/h2-7H,8,18H2,1H3,(H,19,20). The van der Waals surface area contributed by atoms with Crippen molar-refractivity contribution in [1.29, 1.82) is 0 Å². The van der Waals surface area contributed by atoms with Gasteiger partial charge in [0.2, 0.25) is 5.82 Å². The molecule has 0 unspecified atom stereocenters. The predicted octanol–water partition coefficient (Wildman–Crippen LogP) is 2.87. The average molecular weight is 292 g/mol. The van der Waals surface area contributed by atoms with Gasteiger partial charge in [-0.15, -0.1) is 0 Å². The molecule has 0 saturated heterocycles. The van der Waals surface area contributed by atoms with Gasteiger partial charge in [-0.05, 0) is 36.8 Å². The quantitative estimate of drug-likeness (QED) is 0.852. The van der Waals surface area contributed by atoms with Crippen LogP contribution in [0.25, 0.3) is 0 Å². The lowest BCUT2D eigenvalue weighted by molar-refractivity contribution is -0.118. The smallest absolute Gasteiger partial charge is 0.262 e. The van der Waals surface area contributed by atoms with Crippen LogP contribution in [0.15, 0.2) is 36.4 Å². The molecule has 0 aromatic heterocycles. The Morgan fingerprint density at radius 1 is 1.29 bits per heavy atom. The Balaban J connectivity index is 1.99. The molecule has 2 aromatic carbocycles. The van der Waals surface area contributed by atoms with Crippen LogP contribution in [0.1, 0.15) is 5.56 Å². The Bertz CT molecular complexity index is 675. The first-order valence-corrected chi connectivity index (χ1v) is 6.20. The highest BCUT2D eigenvalue weighted by Crippen LogP contribution is 2.20. The van der Waals surface area contributed by atoms with Crippen LogP contribution < -0.4 is 15.8 Å². The molecule has 0 saturated carbocycles. The zero-order valence-electron chi connectivity index (χ0n) is 11.3. The summed E-state index contributed by atoms with van der Waals surface area (Å²) >= 11 is 0. The van der Waals surface area contributed by atoms with E-state index in [9.17, 15) is 13.6 Å². The fourth-order valence-corrected chi connectivity index (χ4v) is 1.70. The van der Waals surface area contributed by atoms with E-state index >= 15 is 0 Å². The zero-order valence-corrected chi connectivity index (χ0v) is 11.3. The average Bonchev–Trinajstić information content (AvgIpc) is 2.44. The third-order valence-electron chi connectivity index (χ3n) is 2.81. The number of halogens is 2. The third-order valence-corrected chi connectivity index (χ3v) is 2.81. The van der Waals surface area contributed by atoms with Crippen molar-refractivity contribution in [3.8, 4) is 5.75 Å². The topological polar surface area (TPSA) is 64.3 Å². The normalized spacial score (nSPS) is 10.2. The summed E-state index contributed by atoms with van der Waals surface area (Å²) in [4.78, 5) is 11.8. The van der Waals surface area contributed by atoms with Crippen molar-refractivity contribution < 1.29 is 18.3 Å². The Kier molecular flexibility index (Phi) is 4.37. The SMILES string of the molecule is Cc1ccc(N)cc1NC(=O)COc1cccc(F)c1F. The predicted molar refractivity (Wildman–Crippen MR) is 76.1 cm³/mol. The zero-order chi connectivity index (χ0) is 15.4. The number of ether oxygens (including phenoxy) is 1. The van der Waals surface area contributed by atoms with Crippen molar-refractivity contribution in [2.45, 2.75) is 6.92 Å². The first kappa shape index (κ1) is 14.8. The summed E-state index contributed by atoms with van der Waals surface area (Å²) in [5, 5.41) is 2.60. The number of benzene rings is 2. The fourth-order valence-electron chi connectivity index (χ4n) is 1.70. The van der Waals surface area contributed by atoms with Crippen molar-refractivity contribution in [2.75, 3.05) is 17.7 Å². The number of carbonyl (C=O) groups is 1. The lowest BCUT2D eigenvalue weighted by Crippen LogP contribution is -2.21. The van der Waals surface area contributed by atoms with E-state index in [1.54, 1.807) is 18.2 Å². The van der Waals surface area contributed by atoms with Gasteiger partial charge in [0.05, 0.1) is 0 Å². The number of nitrogens with two attached hydrogens (primary N) is 1. The van der Waals surface area contributed by atoms with Gasteiger partial charge in [-0.25, -0.2) is 4.39 Å². The van der Waals surface area contributed by atoms with Crippen LogP contribution in [0, 0.1) is 18.6 Å². The van der Waals surface area contributed by atoms with Gasteiger partial charge in [0.1, 0.15) is 0 Å². The van der Waals surface area contributed by atoms with E-state index in [4.69, 9.17) is 10.5 Å². The number of nitrogens with one attached hydrogen (secondary N) is 1. The fraction of sp³-hybridized carbons (Fsp3) is 0.133. The van der Waals surface area contributed by atoms with E-state index in [0.29, 0.717) is 11.4 Å². The summed E-state index contributed by atoms with van der Waals surface area (Å²) in [6.45, 7) is 1.37. The molecular weight excluding hydrogens is 278 g/mol. The van der Waals surface area contributed by atoms with Gasteiger partial charge in [-0.3, -0.25) is 4.79 Å². The summed E-state index contributed by atoms with van der Waals surface area (Å²) in [6.07, 6.45) is 0. The molecule has 21 heavy (non-hydrogen) atoms. The molecule has 2 aromatic rings. The molecule has 4 nitrogen and oxygen atoms in total. The number of rotatable bonds is 4. The van der Waals surface area contributed by atoms with E-state index in [0.717, 1.165) is 11.6 Å². The molecule has 6 heteroatoms. The molecular formula is C15H14F2N2O2. The number of amides is 1. The largest absolute Gasteiger partial charge is 0.481 e. The minimum atomic E-state index is -1.12. The third kappa shape index (κ3) is 3.68. The van der Waals surface area contributed by atoms with E-state index < -0.39 is 24.1 Å². The minimum absolute atomic E-state index is 0.311. The summed E-state index contributed by atoms with van der Waals surface area (Å²) in [6, 6.07) is 8.60. The maximum Gasteiger partial charge on any atom is 0.262 e. The van der Waals surface area contributed by atoms with Gasteiger partial charge in [-0.2, -0.15) is 4.39 Å². The van der Waals surface area contributed by atoms with E-state index in [1.165, 1.54) is 12.1 Å². The molecule has 1 amide bonds. The Morgan fingerprint density at radius 2 is 2.05 bits per heavy atom. The van der Waals surface area contributed by atoms with Gasteiger partial charge >= 0.3 is 0 Å². The van der Waals surface area contributed by atoms with Crippen molar-refractivity contribution in [1.82, 2.24) is 0 Å². The second kappa shape index (κ2) is 6.21. The molecule has 0 aliphatic heterocycles. The molecule has 0 bridgehead atoms. The summed E-state index contributed by atoms with van der Waals surface area (Å²) < 4.78 is 31.3. The molecule has 2 rings (SSSR count). The van der Waals surface area contributed by atoms with Gasteiger partial charge in [0.15, 0.2) is 18.2 Å². The van der Waals surface area contributed by atoms with E-state index in [1.807, 2.05) is 6.92 Å². The van der Waals surface area contributed by atoms with Crippen LogP contribution in [0.2, 0.25) is 0 Å². The van der Waals surface area contributed by atoms with E-state index in [-0.39, 0.29) is 5.75 Å². The molecule has 0 atom stereocenters. The maximum absolute atomic E-state index is 13.3. The number of aryl methyl sites for hydroxylation is 1. The van der Waals surface area contributed by atoms with Crippen LogP contribution in [0.3, 0.4) is 0 Å². The monoisotopic (exact) mass is 292 g/mol. The van der Waals surface area contributed by atoms with E-state index in [2.05, 4.69) is 5.32 Å². The highest BCUT2D eigenvalue weighted by atomic mass is 19.2. The molecule has 0 spiro atoms. The molecule has 3 N–H and O–H groups in total. The Morgan fingerprint density at radius 3 is 2.81 bits per heavy atom. The minimum Gasteiger partial charge on any atom is -0.481 e. The summed E-state index contributed by atoms with van der Waals surface area (Å²) in [7, 11) is 0. The number of hydrogen-bond acceptors (Lipinski definition) is 3. The Labute approximate surface area is 120 Å². The molecule has 0 radical (unpaired) electrons. The van der Waals surface area contributed by atoms with Crippen LogP contribution >= 0.6 is 0 Å². The van der Waals surface area contributed by atoms with Gasteiger partial charge < -0.3 is 15.8 Å².